The molecule has 2 aromatic heterocycles. The first-order valence-electron chi connectivity index (χ1n) is 8.16. The Bertz CT molecular complexity index is 716. The lowest BCUT2D eigenvalue weighted by molar-refractivity contribution is -0.138. The van der Waals surface area contributed by atoms with Crippen molar-refractivity contribution in [2.45, 2.75) is 40.2 Å². The molecule has 0 spiro atoms. The fraction of sp³-hybridized carbons (Fsp3) is 0.529. The summed E-state index contributed by atoms with van der Waals surface area (Å²) in [4.78, 5) is 23.4. The van der Waals surface area contributed by atoms with Crippen LogP contribution in [0.5, 0.6) is 0 Å². The minimum Gasteiger partial charge on any atom is -0.367 e. The van der Waals surface area contributed by atoms with Crippen LogP contribution in [0.4, 0.5) is 0 Å². The van der Waals surface area contributed by atoms with Crippen LogP contribution in [0.2, 0.25) is 0 Å². The van der Waals surface area contributed by atoms with E-state index in [0.29, 0.717) is 31.9 Å². The molecule has 3 rings (SSSR count). The summed E-state index contributed by atoms with van der Waals surface area (Å²) in [7, 11) is 0. The van der Waals surface area contributed by atoms with Gasteiger partial charge in [-0.15, -0.1) is 0 Å². The van der Waals surface area contributed by atoms with Crippen LogP contribution in [0.15, 0.2) is 6.07 Å². The van der Waals surface area contributed by atoms with E-state index in [1.54, 1.807) is 0 Å². The first-order valence-corrected chi connectivity index (χ1v) is 8.16. The van der Waals surface area contributed by atoms with Gasteiger partial charge in [0.25, 0.3) is 0 Å². The Morgan fingerprint density at radius 3 is 2.62 bits per heavy atom. The first-order chi connectivity index (χ1) is 11.4. The molecule has 1 N–H and O–H groups in total. The average Bonchev–Trinajstić information content (AvgIpc) is 2.86. The topological polar surface area (TPSA) is 84.0 Å². The van der Waals surface area contributed by atoms with Gasteiger partial charge in [0, 0.05) is 29.2 Å². The molecule has 2 aromatic rings. The lowest BCUT2D eigenvalue weighted by Gasteiger charge is -2.32. The molecule has 1 aliphatic rings. The van der Waals surface area contributed by atoms with E-state index in [2.05, 4.69) is 20.2 Å². The molecule has 0 unspecified atom stereocenters. The number of aromatic nitrogens is 4. The van der Waals surface area contributed by atoms with Gasteiger partial charge in [0.05, 0.1) is 25.3 Å². The van der Waals surface area contributed by atoms with Crippen LogP contribution in [0.1, 0.15) is 40.3 Å². The summed E-state index contributed by atoms with van der Waals surface area (Å²) in [6.07, 6.45) is 0.0852. The molecule has 0 bridgehead atoms. The Labute approximate surface area is 141 Å². The predicted octanol–water partition coefficient (Wildman–Crippen LogP) is 1.58. The maximum Gasteiger partial charge on any atom is 0.227 e. The van der Waals surface area contributed by atoms with Crippen molar-refractivity contribution in [1.82, 2.24) is 25.1 Å². The zero-order chi connectivity index (χ0) is 17.3. The highest BCUT2D eigenvalue weighted by molar-refractivity contribution is 5.79. The first kappa shape index (κ1) is 16.6. The molecule has 1 atom stereocenters. The van der Waals surface area contributed by atoms with Crippen LogP contribution >= 0.6 is 0 Å². The minimum absolute atomic E-state index is 0.0836. The molecule has 7 nitrogen and oxygen atoms in total. The van der Waals surface area contributed by atoms with Crippen molar-refractivity contribution in [2.75, 3.05) is 19.7 Å². The summed E-state index contributed by atoms with van der Waals surface area (Å²) < 4.78 is 5.80. The van der Waals surface area contributed by atoms with E-state index in [-0.39, 0.29) is 12.0 Å². The van der Waals surface area contributed by atoms with E-state index in [1.165, 1.54) is 0 Å². The summed E-state index contributed by atoms with van der Waals surface area (Å²) in [6.45, 7) is 9.30. The van der Waals surface area contributed by atoms with E-state index >= 15 is 0 Å². The normalized spacial score (nSPS) is 18.0. The third-order valence-corrected chi connectivity index (χ3v) is 4.32. The number of ether oxygens (including phenoxy) is 1. The number of carbonyl (C=O) groups is 1. The Morgan fingerprint density at radius 2 is 2.00 bits per heavy atom. The zero-order valence-corrected chi connectivity index (χ0v) is 14.6. The molecular weight excluding hydrogens is 306 g/mol. The van der Waals surface area contributed by atoms with Crippen molar-refractivity contribution >= 4 is 5.91 Å². The Hall–Kier alpha value is -2.28. The number of H-pyrrole nitrogens is 1. The number of aromatic amines is 1. The van der Waals surface area contributed by atoms with Crippen molar-refractivity contribution in [3.63, 3.8) is 0 Å². The van der Waals surface area contributed by atoms with E-state index < -0.39 is 0 Å². The molecular formula is C17H23N5O2. The van der Waals surface area contributed by atoms with Gasteiger partial charge in [0.15, 0.2) is 5.82 Å². The van der Waals surface area contributed by atoms with Crippen molar-refractivity contribution in [1.29, 1.82) is 0 Å². The molecule has 128 valence electrons. The molecule has 0 aromatic carbocycles. The highest BCUT2D eigenvalue weighted by atomic mass is 16.5. The number of amides is 1. The van der Waals surface area contributed by atoms with Gasteiger partial charge in [-0.05, 0) is 33.8 Å². The standard InChI is InChI=1S/C17H23N5O2/c1-10-7-11(2)19-17(18-10)15-9-22(5-6-24-15)16(23)8-14-12(3)20-21-13(14)4/h7,15H,5-6,8-9H2,1-4H3,(H,20,21)/t15-/m1/s1. The van der Waals surface area contributed by atoms with Gasteiger partial charge in [-0.3, -0.25) is 9.89 Å². The van der Waals surface area contributed by atoms with Crippen LogP contribution in [0, 0.1) is 27.7 Å². The van der Waals surface area contributed by atoms with E-state index in [1.807, 2.05) is 38.7 Å². The monoisotopic (exact) mass is 329 g/mol. The lowest BCUT2D eigenvalue weighted by atomic mass is 10.1. The van der Waals surface area contributed by atoms with Gasteiger partial charge < -0.3 is 9.64 Å². The zero-order valence-electron chi connectivity index (χ0n) is 14.6. The molecule has 3 heterocycles. The maximum absolute atomic E-state index is 12.7. The summed E-state index contributed by atoms with van der Waals surface area (Å²) in [6, 6.07) is 1.93. The van der Waals surface area contributed by atoms with Gasteiger partial charge in [-0.2, -0.15) is 5.10 Å². The van der Waals surface area contributed by atoms with Crippen LogP contribution in [0.25, 0.3) is 0 Å². The van der Waals surface area contributed by atoms with Crippen LogP contribution in [0.3, 0.4) is 0 Å². The largest absolute Gasteiger partial charge is 0.367 e. The number of hydrogen-bond donors (Lipinski definition) is 1. The fourth-order valence-corrected chi connectivity index (χ4v) is 3.03. The number of hydrogen-bond acceptors (Lipinski definition) is 5. The van der Waals surface area contributed by atoms with Crippen LogP contribution in [-0.2, 0) is 16.0 Å². The van der Waals surface area contributed by atoms with E-state index in [4.69, 9.17) is 4.74 Å². The highest BCUT2D eigenvalue weighted by Gasteiger charge is 2.28. The quantitative estimate of drug-likeness (QED) is 0.924. The molecule has 7 heteroatoms. The van der Waals surface area contributed by atoms with Gasteiger partial charge in [-0.25, -0.2) is 9.97 Å². The second kappa shape index (κ2) is 6.68. The summed E-state index contributed by atoms with van der Waals surface area (Å²) in [5.74, 6) is 0.737. The third-order valence-electron chi connectivity index (χ3n) is 4.32. The van der Waals surface area contributed by atoms with Crippen molar-refractivity contribution in [3.05, 3.63) is 40.2 Å². The Kier molecular flexibility index (Phi) is 4.62. The van der Waals surface area contributed by atoms with Crippen LogP contribution < -0.4 is 0 Å². The molecule has 1 fully saturated rings. The molecule has 1 saturated heterocycles. The molecule has 1 amide bonds. The van der Waals surface area contributed by atoms with E-state index in [9.17, 15) is 4.79 Å². The van der Waals surface area contributed by atoms with E-state index in [0.717, 1.165) is 28.3 Å². The SMILES string of the molecule is Cc1cc(C)nc([C@H]2CN(C(=O)Cc3c(C)n[nH]c3C)CCO2)n1. The molecule has 24 heavy (non-hydrogen) atoms. The van der Waals surface area contributed by atoms with Crippen LogP contribution in [-0.4, -0.2) is 50.7 Å². The van der Waals surface area contributed by atoms with Gasteiger partial charge in [0.2, 0.25) is 5.91 Å². The number of carbonyl (C=O) groups excluding carboxylic acids is 1. The highest BCUT2D eigenvalue weighted by Crippen LogP contribution is 2.21. The molecule has 1 aliphatic heterocycles. The molecule has 0 aliphatic carbocycles. The Morgan fingerprint density at radius 1 is 1.29 bits per heavy atom. The minimum atomic E-state index is -0.271. The van der Waals surface area contributed by atoms with Gasteiger partial charge in [0.1, 0.15) is 6.10 Å². The molecule has 0 saturated carbocycles. The Balaban J connectivity index is 1.72. The number of nitrogens with one attached hydrogen (secondary N) is 1. The molecule has 0 radical (unpaired) electrons. The number of rotatable bonds is 3. The van der Waals surface area contributed by atoms with Gasteiger partial charge in [-0.1, -0.05) is 0 Å². The third kappa shape index (κ3) is 3.46. The van der Waals surface area contributed by atoms with Crippen molar-refractivity contribution < 1.29 is 9.53 Å². The van der Waals surface area contributed by atoms with Crippen molar-refractivity contribution in [2.24, 2.45) is 0 Å². The predicted molar refractivity (Wildman–Crippen MR) is 88.5 cm³/mol. The summed E-state index contributed by atoms with van der Waals surface area (Å²) in [5, 5.41) is 7.08. The number of morpholine rings is 1. The average molecular weight is 329 g/mol. The van der Waals surface area contributed by atoms with Crippen molar-refractivity contribution in [3.8, 4) is 0 Å². The summed E-state index contributed by atoms with van der Waals surface area (Å²) in [5.41, 5.74) is 4.63. The fourth-order valence-electron chi connectivity index (χ4n) is 3.03. The second-order valence-electron chi connectivity index (χ2n) is 6.30. The maximum atomic E-state index is 12.7. The summed E-state index contributed by atoms with van der Waals surface area (Å²) >= 11 is 0. The second-order valence-corrected chi connectivity index (χ2v) is 6.30. The smallest absolute Gasteiger partial charge is 0.227 e. The number of nitrogens with zero attached hydrogens (tertiary/aromatic N) is 4. The lowest BCUT2D eigenvalue weighted by Crippen LogP contribution is -2.43. The number of aryl methyl sites for hydroxylation is 4. The van der Waals surface area contributed by atoms with Gasteiger partial charge >= 0.3 is 0 Å².